The zero-order chi connectivity index (χ0) is 15.5. The number of nitrogens with one attached hydrogen (secondary N) is 2. The summed E-state index contributed by atoms with van der Waals surface area (Å²) in [5, 5.41) is 11.3. The summed E-state index contributed by atoms with van der Waals surface area (Å²) in [5.74, 6) is 2.56. The van der Waals surface area contributed by atoms with Crippen LogP contribution in [-0.4, -0.2) is 37.4 Å². The molecule has 1 aliphatic heterocycles. The molecule has 7 nitrogen and oxygen atoms in total. The van der Waals surface area contributed by atoms with Gasteiger partial charge < -0.3 is 10.6 Å². The van der Waals surface area contributed by atoms with Gasteiger partial charge in [-0.3, -0.25) is 4.57 Å². The fourth-order valence-electron chi connectivity index (χ4n) is 2.92. The van der Waals surface area contributed by atoms with E-state index < -0.39 is 0 Å². The molecule has 0 amide bonds. The van der Waals surface area contributed by atoms with Crippen LogP contribution in [0.4, 0.5) is 5.82 Å². The highest BCUT2D eigenvalue weighted by molar-refractivity contribution is 5.35. The fourth-order valence-corrected chi connectivity index (χ4v) is 2.92. The van der Waals surface area contributed by atoms with Gasteiger partial charge in [0.05, 0.1) is 6.20 Å². The lowest BCUT2D eigenvalue weighted by atomic mass is 10.1. The van der Waals surface area contributed by atoms with Crippen molar-refractivity contribution in [2.75, 3.05) is 18.4 Å². The summed E-state index contributed by atoms with van der Waals surface area (Å²) in [6, 6.07) is 6.08. The molecule has 0 radical (unpaired) electrons. The zero-order valence-electron chi connectivity index (χ0n) is 12.8. The lowest BCUT2D eigenvalue weighted by Crippen LogP contribution is -2.35. The number of hydrogen-bond acceptors (Lipinski definition) is 5. The number of anilines is 1. The summed E-state index contributed by atoms with van der Waals surface area (Å²) in [4.78, 5) is 8.56. The number of hydrogen-bond donors (Lipinski definition) is 2. The van der Waals surface area contributed by atoms with E-state index in [-0.39, 0.29) is 0 Å². The third kappa shape index (κ3) is 2.95. The van der Waals surface area contributed by atoms with Crippen LogP contribution in [0.5, 0.6) is 0 Å². The van der Waals surface area contributed by atoms with Crippen LogP contribution < -0.4 is 10.6 Å². The van der Waals surface area contributed by atoms with Gasteiger partial charge in [0, 0.05) is 62.3 Å². The van der Waals surface area contributed by atoms with Gasteiger partial charge in [-0.2, -0.15) is 5.10 Å². The van der Waals surface area contributed by atoms with E-state index in [0.29, 0.717) is 5.92 Å². The molecule has 0 aromatic carbocycles. The van der Waals surface area contributed by atoms with E-state index in [1.807, 2.05) is 40.0 Å². The zero-order valence-corrected chi connectivity index (χ0v) is 12.8. The number of fused-ring (bicyclic) bond motifs is 1. The lowest BCUT2D eigenvalue weighted by Gasteiger charge is -2.25. The molecule has 4 heterocycles. The monoisotopic (exact) mass is 309 g/mol. The summed E-state index contributed by atoms with van der Waals surface area (Å²) in [6.07, 6.45) is 9.10. The Balaban J connectivity index is 1.37. The second kappa shape index (κ2) is 6.21. The van der Waals surface area contributed by atoms with Crippen molar-refractivity contribution < 1.29 is 0 Å². The largest absolute Gasteiger partial charge is 0.370 e. The fraction of sp³-hybridized carbons (Fsp3) is 0.312. The highest BCUT2D eigenvalue weighted by atomic mass is 15.3. The molecule has 0 saturated carbocycles. The molecular weight excluding hydrogens is 290 g/mol. The number of aromatic nitrogens is 5. The van der Waals surface area contributed by atoms with Gasteiger partial charge in [-0.25, -0.2) is 14.6 Å². The normalized spacial score (nSPS) is 16.8. The number of nitrogens with zero attached hydrogens (tertiary/aromatic N) is 5. The van der Waals surface area contributed by atoms with Gasteiger partial charge in [-0.15, -0.1) is 0 Å². The lowest BCUT2D eigenvalue weighted by molar-refractivity contribution is 0.391. The Morgan fingerprint density at radius 3 is 3.17 bits per heavy atom. The van der Waals surface area contributed by atoms with Crippen molar-refractivity contribution >= 4 is 5.82 Å². The predicted molar refractivity (Wildman–Crippen MR) is 87.3 cm³/mol. The Morgan fingerprint density at radius 1 is 1.26 bits per heavy atom. The average Bonchev–Trinajstić information content (AvgIpc) is 3.26. The predicted octanol–water partition coefficient (Wildman–Crippen LogP) is 1.30. The SMILES string of the molecule is c1cnc(-n2ccnc2)c(CNC[C@@H]2CNc3ccnn3C2)c1. The second-order valence-corrected chi connectivity index (χ2v) is 5.73. The molecule has 0 fully saturated rings. The summed E-state index contributed by atoms with van der Waals surface area (Å²) >= 11 is 0. The molecule has 0 bridgehead atoms. The Hall–Kier alpha value is -2.67. The molecule has 0 aliphatic carbocycles. The van der Waals surface area contributed by atoms with Crippen molar-refractivity contribution in [1.29, 1.82) is 0 Å². The highest BCUT2D eigenvalue weighted by Crippen LogP contribution is 2.16. The van der Waals surface area contributed by atoms with Crippen LogP contribution in [-0.2, 0) is 13.1 Å². The van der Waals surface area contributed by atoms with E-state index in [2.05, 4.69) is 31.8 Å². The molecule has 23 heavy (non-hydrogen) atoms. The van der Waals surface area contributed by atoms with Crippen LogP contribution in [0, 0.1) is 5.92 Å². The molecule has 1 aliphatic rings. The van der Waals surface area contributed by atoms with Crippen molar-refractivity contribution in [2.45, 2.75) is 13.1 Å². The van der Waals surface area contributed by atoms with Crippen LogP contribution in [0.15, 0.2) is 49.3 Å². The molecule has 118 valence electrons. The quantitative estimate of drug-likeness (QED) is 0.743. The Kier molecular flexibility index (Phi) is 3.77. The van der Waals surface area contributed by atoms with Crippen LogP contribution in [0.1, 0.15) is 5.56 Å². The van der Waals surface area contributed by atoms with E-state index in [9.17, 15) is 0 Å². The third-order valence-electron chi connectivity index (χ3n) is 4.08. The van der Waals surface area contributed by atoms with E-state index in [4.69, 9.17) is 0 Å². The highest BCUT2D eigenvalue weighted by Gasteiger charge is 2.17. The molecule has 0 unspecified atom stereocenters. The Bertz CT molecular complexity index is 762. The van der Waals surface area contributed by atoms with E-state index in [1.54, 1.807) is 12.5 Å². The van der Waals surface area contributed by atoms with Gasteiger partial charge in [-0.1, -0.05) is 6.07 Å². The van der Waals surface area contributed by atoms with Gasteiger partial charge in [0.15, 0.2) is 0 Å². The first-order chi connectivity index (χ1) is 11.4. The van der Waals surface area contributed by atoms with Crippen molar-refractivity contribution in [2.24, 2.45) is 5.92 Å². The summed E-state index contributed by atoms with van der Waals surface area (Å²) in [6.45, 7) is 3.64. The Labute approximate surface area is 134 Å². The van der Waals surface area contributed by atoms with E-state index in [1.165, 1.54) is 0 Å². The maximum atomic E-state index is 4.47. The molecule has 2 N–H and O–H groups in total. The first-order valence-corrected chi connectivity index (χ1v) is 7.79. The van der Waals surface area contributed by atoms with Crippen LogP contribution in [0.25, 0.3) is 5.82 Å². The first kappa shape index (κ1) is 14.0. The molecule has 0 saturated heterocycles. The van der Waals surface area contributed by atoms with Crippen molar-refractivity contribution in [3.05, 3.63) is 54.9 Å². The van der Waals surface area contributed by atoms with Gasteiger partial charge in [0.2, 0.25) is 0 Å². The van der Waals surface area contributed by atoms with Crippen LogP contribution >= 0.6 is 0 Å². The van der Waals surface area contributed by atoms with Crippen molar-refractivity contribution in [1.82, 2.24) is 29.6 Å². The maximum absolute atomic E-state index is 4.47. The molecule has 3 aromatic heterocycles. The van der Waals surface area contributed by atoms with Gasteiger partial charge in [0.25, 0.3) is 0 Å². The van der Waals surface area contributed by atoms with E-state index in [0.717, 1.165) is 43.4 Å². The van der Waals surface area contributed by atoms with Gasteiger partial charge >= 0.3 is 0 Å². The van der Waals surface area contributed by atoms with Gasteiger partial charge in [0.1, 0.15) is 18.0 Å². The number of rotatable bonds is 5. The second-order valence-electron chi connectivity index (χ2n) is 5.73. The standard InChI is InChI=1S/C16H19N7/c1-2-14(16(19-4-1)22-7-6-17-12-22)10-18-8-13-9-20-15-3-5-21-23(15)11-13/h1-7,12-13,18,20H,8-11H2/t13-/m1/s1. The van der Waals surface area contributed by atoms with Crippen LogP contribution in [0.2, 0.25) is 0 Å². The molecule has 1 atom stereocenters. The van der Waals surface area contributed by atoms with Crippen molar-refractivity contribution in [3.63, 3.8) is 0 Å². The van der Waals surface area contributed by atoms with Crippen LogP contribution in [0.3, 0.4) is 0 Å². The number of pyridine rings is 1. The van der Waals surface area contributed by atoms with E-state index >= 15 is 0 Å². The average molecular weight is 309 g/mol. The molecule has 0 spiro atoms. The third-order valence-corrected chi connectivity index (χ3v) is 4.08. The molecular formula is C16H19N7. The molecule has 3 aromatic rings. The maximum Gasteiger partial charge on any atom is 0.142 e. The van der Waals surface area contributed by atoms with Gasteiger partial charge in [-0.05, 0) is 6.07 Å². The van der Waals surface area contributed by atoms with Crippen molar-refractivity contribution in [3.8, 4) is 5.82 Å². The summed E-state index contributed by atoms with van der Waals surface area (Å²) < 4.78 is 3.96. The smallest absolute Gasteiger partial charge is 0.142 e. The minimum atomic E-state index is 0.524. The number of imidazole rings is 1. The molecule has 7 heteroatoms. The first-order valence-electron chi connectivity index (χ1n) is 7.79. The summed E-state index contributed by atoms with van der Waals surface area (Å²) in [5.41, 5.74) is 1.16. The topological polar surface area (TPSA) is 72.6 Å². The Morgan fingerprint density at radius 2 is 2.26 bits per heavy atom. The minimum absolute atomic E-state index is 0.524. The minimum Gasteiger partial charge on any atom is -0.370 e. The molecule has 4 rings (SSSR count). The summed E-state index contributed by atoms with van der Waals surface area (Å²) in [7, 11) is 0.